The number of nitrogens with one attached hydrogen (secondary N) is 1. The summed E-state index contributed by atoms with van der Waals surface area (Å²) >= 11 is 6.13. The molecule has 0 bridgehead atoms. The van der Waals surface area contributed by atoms with Crippen molar-refractivity contribution < 1.29 is 4.79 Å². The molecule has 9 heteroatoms. The van der Waals surface area contributed by atoms with Gasteiger partial charge in [0.2, 0.25) is 5.91 Å². The van der Waals surface area contributed by atoms with Gasteiger partial charge >= 0.3 is 0 Å². The van der Waals surface area contributed by atoms with Crippen molar-refractivity contribution in [3.05, 3.63) is 70.1 Å². The Hall–Kier alpha value is -3.36. The van der Waals surface area contributed by atoms with Crippen molar-refractivity contribution >= 4 is 45.0 Å². The number of benzene rings is 2. The van der Waals surface area contributed by atoms with Crippen LogP contribution in [0.2, 0.25) is 5.02 Å². The number of carbonyl (C=O) groups is 1. The SMILES string of the molecule is Cn1ncc2c3ccccc3n(CC(=O)NCCCN3CCN(c4cccc(Cl)c4)CC3)c2c1=O. The summed E-state index contributed by atoms with van der Waals surface area (Å²) in [6.45, 7) is 5.53. The van der Waals surface area contributed by atoms with Gasteiger partial charge in [0.1, 0.15) is 12.1 Å². The fraction of sp³-hybridized carbons (Fsp3) is 0.346. The lowest BCUT2D eigenvalue weighted by Crippen LogP contribution is -2.47. The molecule has 4 aromatic rings. The molecule has 1 aliphatic rings. The Kier molecular flexibility index (Phi) is 6.74. The molecule has 2 aromatic carbocycles. The molecule has 35 heavy (non-hydrogen) atoms. The van der Waals surface area contributed by atoms with E-state index in [4.69, 9.17) is 11.6 Å². The van der Waals surface area contributed by atoms with E-state index in [0.29, 0.717) is 12.1 Å². The fourth-order valence-corrected chi connectivity index (χ4v) is 5.02. The summed E-state index contributed by atoms with van der Waals surface area (Å²) in [4.78, 5) is 30.4. The minimum absolute atomic E-state index is 0.0988. The summed E-state index contributed by atoms with van der Waals surface area (Å²) in [7, 11) is 1.62. The molecule has 2 aromatic heterocycles. The Morgan fingerprint density at radius 1 is 1.06 bits per heavy atom. The molecule has 3 heterocycles. The number of nitrogens with zero attached hydrogens (tertiary/aromatic N) is 5. The topological polar surface area (TPSA) is 75.4 Å². The second-order valence-corrected chi connectivity index (χ2v) is 9.39. The highest BCUT2D eigenvalue weighted by atomic mass is 35.5. The van der Waals surface area contributed by atoms with Crippen molar-refractivity contribution in [2.24, 2.45) is 7.05 Å². The Morgan fingerprint density at radius 3 is 2.66 bits per heavy atom. The van der Waals surface area contributed by atoms with Crippen molar-refractivity contribution in [3.63, 3.8) is 0 Å². The number of rotatable bonds is 7. The van der Waals surface area contributed by atoms with Crippen LogP contribution < -0.4 is 15.8 Å². The number of hydrogen-bond donors (Lipinski definition) is 1. The molecule has 182 valence electrons. The molecule has 1 saturated heterocycles. The molecule has 0 spiro atoms. The standard InChI is InChI=1S/C26H29ClN6O2/c1-30-26(35)25-22(17-29-30)21-8-2-3-9-23(21)33(25)18-24(34)28-10-5-11-31-12-14-32(15-13-31)20-7-4-6-19(27)16-20/h2-4,6-9,16-17H,5,10-15,18H2,1H3,(H,28,34). The van der Waals surface area contributed by atoms with Crippen molar-refractivity contribution in [2.45, 2.75) is 13.0 Å². The van der Waals surface area contributed by atoms with Crippen LogP contribution in [0.15, 0.2) is 59.5 Å². The largest absolute Gasteiger partial charge is 0.369 e. The number of anilines is 1. The average molecular weight is 493 g/mol. The zero-order valence-electron chi connectivity index (χ0n) is 19.8. The molecule has 5 rings (SSSR count). The van der Waals surface area contributed by atoms with Crippen molar-refractivity contribution in [3.8, 4) is 0 Å². The second kappa shape index (κ2) is 10.1. The highest BCUT2D eigenvalue weighted by Gasteiger charge is 2.18. The summed E-state index contributed by atoms with van der Waals surface area (Å²) in [5.41, 5.74) is 2.33. The highest BCUT2D eigenvalue weighted by Crippen LogP contribution is 2.26. The number of halogens is 1. The summed E-state index contributed by atoms with van der Waals surface area (Å²) in [6.07, 6.45) is 2.57. The molecule has 1 N–H and O–H groups in total. The molecule has 0 saturated carbocycles. The van der Waals surface area contributed by atoms with Gasteiger partial charge in [-0.25, -0.2) is 4.68 Å². The normalized spacial score (nSPS) is 14.6. The van der Waals surface area contributed by atoms with Crippen LogP contribution in [0.3, 0.4) is 0 Å². The molecule has 0 atom stereocenters. The quantitative estimate of drug-likeness (QED) is 0.401. The van der Waals surface area contributed by atoms with Crippen LogP contribution in [0.4, 0.5) is 5.69 Å². The molecule has 8 nitrogen and oxygen atoms in total. The lowest BCUT2D eigenvalue weighted by atomic mass is 10.2. The third kappa shape index (κ3) is 4.90. The first-order chi connectivity index (χ1) is 17.0. The summed E-state index contributed by atoms with van der Waals surface area (Å²) < 4.78 is 3.11. The van der Waals surface area contributed by atoms with E-state index in [-0.39, 0.29) is 18.0 Å². The van der Waals surface area contributed by atoms with Gasteiger partial charge in [-0.3, -0.25) is 14.5 Å². The predicted molar refractivity (Wildman–Crippen MR) is 140 cm³/mol. The van der Waals surface area contributed by atoms with Gasteiger partial charge in [-0.2, -0.15) is 5.10 Å². The maximum Gasteiger partial charge on any atom is 0.291 e. The van der Waals surface area contributed by atoms with E-state index in [1.54, 1.807) is 17.8 Å². The number of aromatic nitrogens is 3. The molecule has 0 radical (unpaired) electrons. The molecular weight excluding hydrogens is 464 g/mol. The van der Waals surface area contributed by atoms with E-state index in [1.807, 2.05) is 42.5 Å². The van der Waals surface area contributed by atoms with E-state index < -0.39 is 0 Å². The van der Waals surface area contributed by atoms with Crippen LogP contribution in [0, 0.1) is 0 Å². The predicted octanol–water partition coefficient (Wildman–Crippen LogP) is 2.87. The smallest absolute Gasteiger partial charge is 0.291 e. The van der Waals surface area contributed by atoms with Gasteiger partial charge in [0.15, 0.2) is 0 Å². The lowest BCUT2D eigenvalue weighted by molar-refractivity contribution is -0.121. The van der Waals surface area contributed by atoms with E-state index in [1.165, 1.54) is 10.4 Å². The number of aryl methyl sites for hydroxylation is 1. The Balaban J connectivity index is 1.15. The van der Waals surface area contributed by atoms with Crippen LogP contribution in [0.5, 0.6) is 0 Å². The monoisotopic (exact) mass is 492 g/mol. The molecule has 0 aliphatic carbocycles. The Bertz CT molecular complexity index is 1420. The first kappa shape index (κ1) is 23.4. The molecule has 0 unspecified atom stereocenters. The minimum atomic E-state index is -0.205. The maximum atomic E-state index is 12.8. The molecule has 1 amide bonds. The van der Waals surface area contributed by atoms with Gasteiger partial charge in [0.25, 0.3) is 5.56 Å². The maximum absolute atomic E-state index is 12.8. The van der Waals surface area contributed by atoms with Gasteiger partial charge in [-0.1, -0.05) is 35.9 Å². The molecule has 1 fully saturated rings. The highest BCUT2D eigenvalue weighted by molar-refractivity contribution is 6.30. The summed E-state index contributed by atoms with van der Waals surface area (Å²) in [6, 6.07) is 15.7. The van der Waals surface area contributed by atoms with Crippen LogP contribution in [-0.4, -0.2) is 64.4 Å². The van der Waals surface area contributed by atoms with E-state index in [0.717, 1.165) is 60.5 Å². The zero-order chi connectivity index (χ0) is 24.4. The second-order valence-electron chi connectivity index (χ2n) is 8.95. The number of piperazine rings is 1. The molecule has 1 aliphatic heterocycles. The lowest BCUT2D eigenvalue weighted by Gasteiger charge is -2.36. The summed E-state index contributed by atoms with van der Waals surface area (Å²) in [5, 5.41) is 9.65. The average Bonchev–Trinajstić information content (AvgIpc) is 3.18. The van der Waals surface area contributed by atoms with Gasteiger partial charge in [-0.15, -0.1) is 0 Å². The third-order valence-corrected chi connectivity index (χ3v) is 6.92. The zero-order valence-corrected chi connectivity index (χ0v) is 20.5. The van der Waals surface area contributed by atoms with Gasteiger partial charge in [0, 0.05) is 66.8 Å². The van der Waals surface area contributed by atoms with Crippen molar-refractivity contribution in [2.75, 3.05) is 44.2 Å². The van der Waals surface area contributed by atoms with Crippen LogP contribution in [0.25, 0.3) is 21.8 Å². The van der Waals surface area contributed by atoms with Crippen LogP contribution in [-0.2, 0) is 18.4 Å². The first-order valence-corrected chi connectivity index (χ1v) is 12.3. The number of para-hydroxylation sites is 1. The number of amides is 1. The van der Waals surface area contributed by atoms with Crippen molar-refractivity contribution in [1.29, 1.82) is 0 Å². The third-order valence-electron chi connectivity index (χ3n) is 6.69. The van der Waals surface area contributed by atoms with E-state index >= 15 is 0 Å². The summed E-state index contributed by atoms with van der Waals surface area (Å²) in [5.74, 6) is -0.0997. The number of carbonyl (C=O) groups excluding carboxylic acids is 1. The van der Waals surface area contributed by atoms with Gasteiger partial charge in [0.05, 0.1) is 6.20 Å². The Morgan fingerprint density at radius 2 is 1.86 bits per heavy atom. The molecular formula is C26H29ClN6O2. The number of fused-ring (bicyclic) bond motifs is 3. The first-order valence-electron chi connectivity index (χ1n) is 11.9. The fourth-order valence-electron chi connectivity index (χ4n) is 4.84. The van der Waals surface area contributed by atoms with E-state index in [2.05, 4.69) is 26.3 Å². The van der Waals surface area contributed by atoms with Gasteiger partial charge < -0.3 is 14.8 Å². The Labute approximate surface area is 208 Å². The number of hydrogen-bond acceptors (Lipinski definition) is 5. The minimum Gasteiger partial charge on any atom is -0.369 e. The van der Waals surface area contributed by atoms with Crippen LogP contribution in [0.1, 0.15) is 6.42 Å². The van der Waals surface area contributed by atoms with Gasteiger partial charge in [-0.05, 0) is 37.2 Å². The van der Waals surface area contributed by atoms with Crippen LogP contribution >= 0.6 is 11.6 Å². The van der Waals surface area contributed by atoms with E-state index in [9.17, 15) is 9.59 Å². The van der Waals surface area contributed by atoms with Crippen molar-refractivity contribution in [1.82, 2.24) is 24.6 Å².